The Hall–Kier alpha value is -4.58. The third kappa shape index (κ3) is 17.9. The molecule has 2 aromatic carbocycles. The molecule has 0 unspecified atom stereocenters. The van der Waals surface area contributed by atoms with E-state index in [1.807, 2.05) is 38.4 Å². The number of rotatable bonds is 3. The van der Waals surface area contributed by atoms with Crippen LogP contribution in [0.1, 0.15) is 63.8 Å². The molecule has 0 aliphatic rings. The summed E-state index contributed by atoms with van der Waals surface area (Å²) in [5.74, 6) is -2.57. The molecule has 0 amide bonds. The van der Waals surface area contributed by atoms with Gasteiger partial charge in [-0.05, 0) is 82.6 Å². The number of nitrogens with zero attached hydrogens (tertiary/aromatic N) is 4. The molecule has 6 aromatic rings. The summed E-state index contributed by atoms with van der Waals surface area (Å²) in [7, 11) is -10.7. The first-order chi connectivity index (χ1) is 26.0. The van der Waals surface area contributed by atoms with Gasteiger partial charge in [-0.2, -0.15) is 0 Å². The summed E-state index contributed by atoms with van der Waals surface area (Å²) in [6.07, 6.45) is 7.01. The minimum Gasteiger partial charge on any atom is 0 e. The fraction of sp³-hybridized carbons (Fsp3) is 0.238. The number of benzene rings is 2. The molecular formula is C42H40F10IrN4P-3. The third-order valence-electron chi connectivity index (χ3n) is 7.57. The Morgan fingerprint density at radius 3 is 1.07 bits per heavy atom. The summed E-state index contributed by atoms with van der Waals surface area (Å²) in [4.78, 5) is 17.1. The number of aromatic nitrogens is 4. The van der Waals surface area contributed by atoms with E-state index in [-0.39, 0.29) is 42.1 Å². The van der Waals surface area contributed by atoms with Crippen molar-refractivity contribution in [2.45, 2.75) is 66.2 Å². The maximum atomic E-state index is 13.3. The molecule has 0 aliphatic carbocycles. The molecule has 4 nitrogen and oxygen atoms in total. The maximum Gasteiger partial charge on any atom is 0 e. The van der Waals surface area contributed by atoms with E-state index >= 15 is 0 Å². The first-order valence-corrected chi connectivity index (χ1v) is 19.1. The van der Waals surface area contributed by atoms with E-state index in [1.165, 1.54) is 11.1 Å². The van der Waals surface area contributed by atoms with Gasteiger partial charge in [0.25, 0.3) is 0 Å². The Morgan fingerprint density at radius 2 is 0.810 bits per heavy atom. The molecule has 58 heavy (non-hydrogen) atoms. The first kappa shape index (κ1) is 49.6. The summed E-state index contributed by atoms with van der Waals surface area (Å²) >= 11 is 0. The topological polar surface area (TPSA) is 51.6 Å². The van der Waals surface area contributed by atoms with E-state index < -0.39 is 31.1 Å². The van der Waals surface area contributed by atoms with Crippen LogP contribution in [0.4, 0.5) is 42.7 Å². The van der Waals surface area contributed by atoms with Crippen LogP contribution in [0.25, 0.3) is 33.9 Å². The largest absolute Gasteiger partial charge is 0 e. The molecule has 0 atom stereocenters. The van der Waals surface area contributed by atoms with Crippen molar-refractivity contribution in [1.82, 2.24) is 19.9 Å². The standard InChI is InChI=1S/C18H24N2.2C12H8F2N.F6P.Ir/c1-17(2,3)13-7-9-19-15(11-13)16-12-14(8-10-20-16)18(4,5)6;2*1-8-2-5-12(15-7-8)10-4-3-9(13)6-11(10)14;1-7(2,3,4,5)6;/h7-12H,1-6H3;2*2-3,5-7H,1H3;;/q;3*-1;. The van der Waals surface area contributed by atoms with Gasteiger partial charge in [-0.25, -0.2) is 0 Å². The molecule has 6 rings (SSSR count). The molecule has 315 valence electrons. The third-order valence-corrected chi connectivity index (χ3v) is 7.57. The zero-order valence-corrected chi connectivity index (χ0v) is 35.9. The number of pyridine rings is 4. The van der Waals surface area contributed by atoms with Crippen LogP contribution >= 0.6 is 7.81 Å². The predicted molar refractivity (Wildman–Crippen MR) is 205 cm³/mol. The van der Waals surface area contributed by atoms with Gasteiger partial charge in [0.1, 0.15) is 0 Å². The molecule has 4 heterocycles. The summed E-state index contributed by atoms with van der Waals surface area (Å²) in [6.45, 7) is 17.1. The van der Waals surface area contributed by atoms with Crippen molar-refractivity contribution in [3.05, 3.63) is 155 Å². The Balaban J connectivity index is 0.000000278. The van der Waals surface area contributed by atoms with E-state index in [9.17, 15) is 42.7 Å². The molecule has 0 bridgehead atoms. The van der Waals surface area contributed by atoms with Crippen molar-refractivity contribution in [3.8, 4) is 33.9 Å². The summed E-state index contributed by atoms with van der Waals surface area (Å²) in [5.41, 5.74) is 7.98. The van der Waals surface area contributed by atoms with Crippen molar-refractivity contribution in [2.24, 2.45) is 0 Å². The Kier molecular flexibility index (Phi) is 15.9. The van der Waals surface area contributed by atoms with Gasteiger partial charge >= 0.3 is 33.0 Å². The molecule has 4 aromatic heterocycles. The Bertz CT molecular complexity index is 2120. The number of hydrogen-bond donors (Lipinski definition) is 0. The van der Waals surface area contributed by atoms with Crippen molar-refractivity contribution in [2.75, 3.05) is 0 Å². The molecule has 1 radical (unpaired) electrons. The van der Waals surface area contributed by atoms with Gasteiger partial charge < -0.3 is 9.97 Å². The monoisotopic (exact) mass is 1010 g/mol. The van der Waals surface area contributed by atoms with Gasteiger partial charge in [0, 0.05) is 68.2 Å². The average molecular weight is 1010 g/mol. The maximum absolute atomic E-state index is 13.3. The molecule has 0 fully saturated rings. The van der Waals surface area contributed by atoms with Gasteiger partial charge in [0.05, 0.1) is 11.4 Å². The summed E-state index contributed by atoms with van der Waals surface area (Å²) in [5, 5.41) is 0. The van der Waals surface area contributed by atoms with Gasteiger partial charge in [-0.1, -0.05) is 89.1 Å². The van der Waals surface area contributed by atoms with Gasteiger partial charge in [-0.3, -0.25) is 27.5 Å². The average Bonchev–Trinajstić information content (AvgIpc) is 3.08. The summed E-state index contributed by atoms with van der Waals surface area (Å²) < 4.78 is 111. The second kappa shape index (κ2) is 18.6. The molecule has 0 aliphatic heterocycles. The van der Waals surface area contributed by atoms with Crippen LogP contribution in [-0.2, 0) is 30.9 Å². The molecule has 0 N–H and O–H groups in total. The number of hydrogen-bond acceptors (Lipinski definition) is 4. The van der Waals surface area contributed by atoms with Crippen LogP contribution in [-0.4, -0.2) is 19.9 Å². The molecule has 0 saturated carbocycles. The van der Waals surface area contributed by atoms with E-state index in [2.05, 4.69) is 97.9 Å². The van der Waals surface area contributed by atoms with Gasteiger partial charge in [-0.15, -0.1) is 24.3 Å². The fourth-order valence-electron chi connectivity index (χ4n) is 4.59. The fourth-order valence-corrected chi connectivity index (χ4v) is 4.59. The van der Waals surface area contributed by atoms with E-state index in [1.54, 1.807) is 24.5 Å². The van der Waals surface area contributed by atoms with Crippen LogP contribution < -0.4 is 0 Å². The van der Waals surface area contributed by atoms with Gasteiger partial charge in [0.2, 0.25) is 0 Å². The minimum absolute atomic E-state index is 0. The van der Waals surface area contributed by atoms with Crippen LogP contribution in [0.2, 0.25) is 0 Å². The van der Waals surface area contributed by atoms with Crippen molar-refractivity contribution in [1.29, 1.82) is 0 Å². The smallest absolute Gasteiger partial charge is 0 e. The van der Waals surface area contributed by atoms with Crippen LogP contribution in [0, 0.1) is 49.2 Å². The van der Waals surface area contributed by atoms with Crippen LogP contribution in [0.5, 0.6) is 0 Å². The summed E-state index contributed by atoms with van der Waals surface area (Å²) in [6, 6.07) is 24.4. The first-order valence-electron chi connectivity index (χ1n) is 17.1. The van der Waals surface area contributed by atoms with Crippen molar-refractivity contribution >= 4 is 7.81 Å². The Labute approximate surface area is 344 Å². The Morgan fingerprint density at radius 1 is 0.483 bits per heavy atom. The van der Waals surface area contributed by atoms with E-state index in [0.29, 0.717) is 11.4 Å². The molecule has 0 saturated heterocycles. The number of aryl methyl sites for hydroxylation is 2. The normalized spacial score (nSPS) is 12.4. The van der Waals surface area contributed by atoms with Crippen molar-refractivity contribution < 1.29 is 62.8 Å². The predicted octanol–water partition coefficient (Wildman–Crippen LogP) is 14.4. The molecular weight excluding hydrogens is 974 g/mol. The second-order valence-electron chi connectivity index (χ2n) is 14.8. The van der Waals surface area contributed by atoms with E-state index in [0.717, 1.165) is 46.8 Å². The van der Waals surface area contributed by atoms with Crippen LogP contribution in [0.3, 0.4) is 0 Å². The quantitative estimate of drug-likeness (QED) is 0.101. The molecule has 16 heteroatoms. The zero-order valence-electron chi connectivity index (χ0n) is 32.6. The van der Waals surface area contributed by atoms with Crippen LogP contribution in [0.15, 0.2) is 97.6 Å². The number of halogens is 10. The van der Waals surface area contributed by atoms with Crippen molar-refractivity contribution in [3.63, 3.8) is 0 Å². The van der Waals surface area contributed by atoms with Gasteiger partial charge in [0.15, 0.2) is 0 Å². The van der Waals surface area contributed by atoms with E-state index in [4.69, 9.17) is 0 Å². The minimum atomic E-state index is -10.7. The SMILES string of the molecule is CC(C)(C)c1ccnc(-c2cc(C(C)(C)C)ccn2)c1.Cc1ccc(-c2[c-]cc(F)cc2F)nc1.Cc1ccc(-c2[c-]cc(F)cc2F)nc1.F[P-](F)(F)(F)(F)F.[Ir]. The molecule has 0 spiro atoms. The zero-order chi connectivity index (χ0) is 43.0. The second-order valence-corrected chi connectivity index (χ2v) is 16.8.